The maximum Gasteiger partial charge on any atom is 1.00 e. The molecule has 0 aliphatic heterocycles. The minimum absolute atomic E-state index is 0. The van der Waals surface area contributed by atoms with E-state index in [1.165, 1.54) is 0 Å². The second-order valence-corrected chi connectivity index (χ2v) is 1.62. The molecule has 0 unspecified atom stereocenters. The summed E-state index contributed by atoms with van der Waals surface area (Å²) in [7, 11) is 0. The molecule has 62 valence electrons. The van der Waals surface area contributed by atoms with Crippen LogP contribution in [0.5, 0.6) is 0 Å². The van der Waals surface area contributed by atoms with Gasteiger partial charge < -0.3 is 19.8 Å². The number of hydrogen-bond donors (Lipinski definition) is 0. The summed E-state index contributed by atoms with van der Waals surface area (Å²) in [6.45, 7) is 0. The van der Waals surface area contributed by atoms with Gasteiger partial charge in [0.05, 0.1) is 0 Å². The van der Waals surface area contributed by atoms with E-state index in [9.17, 15) is 19.8 Å². The maximum atomic E-state index is 10.0. The Morgan fingerprint density at radius 2 is 1.00 bits per heavy atom. The van der Waals surface area contributed by atoms with E-state index in [1.54, 1.807) is 0 Å². The minimum atomic E-state index is -1.68. The summed E-state index contributed by atoms with van der Waals surface area (Å²) in [5.74, 6) is -4.92. The zero-order valence-electron chi connectivity index (χ0n) is 7.42. The topological polar surface area (TPSA) is 132 Å². The number of carboxylic acids is 2. The fourth-order valence-electron chi connectivity index (χ4n) is 0.393. The second-order valence-electron chi connectivity index (χ2n) is 1.62. The molecule has 0 N–H and O–H groups in total. The molecule has 0 aliphatic carbocycles. The fraction of sp³-hybridized carbons (Fsp3) is 0. The molecule has 14 heavy (non-hydrogen) atoms. The van der Waals surface area contributed by atoms with E-state index in [4.69, 9.17) is 0 Å². The van der Waals surface area contributed by atoms with Crippen molar-refractivity contribution >= 4 is 11.9 Å². The smallest absolute Gasteiger partial charge is 0.541 e. The van der Waals surface area contributed by atoms with Crippen LogP contribution in [0.4, 0.5) is 0 Å². The van der Waals surface area contributed by atoms with Gasteiger partial charge in [-0.2, -0.15) is 0 Å². The van der Waals surface area contributed by atoms with E-state index >= 15 is 0 Å². The third kappa shape index (κ3) is 5.30. The summed E-state index contributed by atoms with van der Waals surface area (Å²) in [5, 5.41) is 31.6. The van der Waals surface area contributed by atoms with Crippen molar-refractivity contribution in [2.24, 2.45) is 0 Å². The largest absolute Gasteiger partial charge is 1.00 e. The Kier molecular flexibility index (Phi) is 10.4. The van der Waals surface area contributed by atoms with Gasteiger partial charge in [-0.05, 0) is 0 Å². The van der Waals surface area contributed by atoms with Crippen LogP contribution in [0.1, 0.15) is 21.2 Å². The third-order valence-electron chi connectivity index (χ3n) is 0.844. The van der Waals surface area contributed by atoms with Gasteiger partial charge in [0.2, 0.25) is 11.6 Å². The van der Waals surface area contributed by atoms with Gasteiger partial charge in [-0.15, -0.1) is 20.4 Å². The number of carboxylic acid groups (broad SMARTS) is 2. The Balaban J connectivity index is 0. The Bertz CT molecular complexity index is 296. The first kappa shape index (κ1) is 17.5. The molecule has 1 rings (SSSR count). The van der Waals surface area contributed by atoms with Crippen LogP contribution in [0.3, 0.4) is 0 Å². The molecule has 0 aromatic carbocycles. The van der Waals surface area contributed by atoms with Crippen LogP contribution in [-0.4, -0.2) is 32.3 Å². The molecule has 1 aromatic rings. The van der Waals surface area contributed by atoms with Gasteiger partial charge in [0.15, 0.2) is 0 Å². The van der Waals surface area contributed by atoms with Crippen LogP contribution in [0.25, 0.3) is 0 Å². The summed E-state index contributed by atoms with van der Waals surface area (Å²) in [4.78, 5) is 20.0. The van der Waals surface area contributed by atoms with E-state index < -0.39 is 23.6 Å². The molecule has 0 atom stereocenters. The first-order valence-corrected chi connectivity index (χ1v) is 2.61. The van der Waals surface area contributed by atoms with Crippen LogP contribution in [0, 0.1) is 0 Å². The van der Waals surface area contributed by atoms with Crippen molar-refractivity contribution in [1.82, 2.24) is 20.4 Å². The van der Waals surface area contributed by atoms with Crippen LogP contribution in [0.15, 0.2) is 0 Å². The number of aromatic nitrogens is 4. The number of aromatic carboxylic acids is 2. The van der Waals surface area contributed by atoms with E-state index in [0.29, 0.717) is 0 Å². The van der Waals surface area contributed by atoms with E-state index in [1.807, 2.05) is 0 Å². The van der Waals surface area contributed by atoms with E-state index in [0.717, 1.165) is 0 Å². The van der Waals surface area contributed by atoms with Crippen molar-refractivity contribution in [2.75, 3.05) is 0 Å². The Morgan fingerprint density at radius 1 is 0.786 bits per heavy atom. The third-order valence-corrected chi connectivity index (χ3v) is 0.844. The Morgan fingerprint density at radius 3 is 1.14 bits per heavy atom. The summed E-state index contributed by atoms with van der Waals surface area (Å²) < 4.78 is 0. The predicted molar refractivity (Wildman–Crippen MR) is 26.3 cm³/mol. The molecule has 8 nitrogen and oxygen atoms in total. The molecule has 0 aliphatic rings. The normalized spacial score (nSPS) is 8.00. The molecule has 0 radical (unpaired) electrons. The van der Waals surface area contributed by atoms with Crippen molar-refractivity contribution in [3.8, 4) is 0 Å². The number of carbonyl (C=O) groups excluding carboxylic acids is 2. The van der Waals surface area contributed by atoms with Crippen LogP contribution >= 0.6 is 0 Å². The summed E-state index contributed by atoms with van der Waals surface area (Å²) in [5.41, 5.74) is 0. The summed E-state index contributed by atoms with van der Waals surface area (Å²) in [6, 6.07) is 0. The van der Waals surface area contributed by atoms with E-state index in [-0.39, 0.29) is 103 Å². The minimum Gasteiger partial charge on any atom is -0.541 e. The van der Waals surface area contributed by atoms with Crippen molar-refractivity contribution in [3.63, 3.8) is 0 Å². The molecule has 10 heteroatoms. The molecule has 1 heterocycles. The molecule has 0 bridgehead atoms. The van der Waals surface area contributed by atoms with Crippen LogP contribution in [0.2, 0.25) is 0 Å². The van der Waals surface area contributed by atoms with Gasteiger partial charge in [0.1, 0.15) is 11.9 Å². The average molecular weight is 246 g/mol. The zero-order chi connectivity index (χ0) is 9.14. The number of nitrogens with zero attached hydrogens (tertiary/aromatic N) is 4. The van der Waals surface area contributed by atoms with Gasteiger partial charge in [-0.3, -0.25) is 0 Å². The van der Waals surface area contributed by atoms with Gasteiger partial charge in [0.25, 0.3) is 0 Å². The molecule has 0 amide bonds. The van der Waals surface area contributed by atoms with Gasteiger partial charge in [0, 0.05) is 0 Å². The SMILES string of the molecule is O=C([O-])c1nnc(C(=O)[O-])nn1.[K+].[K+]. The van der Waals surface area contributed by atoms with Crippen molar-refractivity contribution in [1.29, 1.82) is 0 Å². The number of rotatable bonds is 2. The van der Waals surface area contributed by atoms with Crippen LogP contribution < -0.4 is 113 Å². The molecule has 0 saturated carbocycles. The fourth-order valence-corrected chi connectivity index (χ4v) is 0.393. The quantitative estimate of drug-likeness (QED) is 0.470. The predicted octanol–water partition coefficient (Wildman–Crippen LogP) is -10.00. The van der Waals surface area contributed by atoms with Crippen LogP contribution in [-0.2, 0) is 0 Å². The van der Waals surface area contributed by atoms with Gasteiger partial charge in [-0.25, -0.2) is 0 Å². The van der Waals surface area contributed by atoms with E-state index in [2.05, 4.69) is 20.4 Å². The first-order valence-electron chi connectivity index (χ1n) is 2.61. The van der Waals surface area contributed by atoms with Crippen molar-refractivity contribution < 1.29 is 123 Å². The monoisotopic (exact) mass is 246 g/mol. The average Bonchev–Trinajstić information content (AvgIpc) is 2.04. The zero-order valence-corrected chi connectivity index (χ0v) is 13.7. The molecular weight excluding hydrogens is 246 g/mol. The second kappa shape index (κ2) is 8.32. The number of hydrogen-bond acceptors (Lipinski definition) is 8. The maximum absolute atomic E-state index is 10.0. The molecular formula is C4K2N4O4. The molecule has 0 fully saturated rings. The summed E-state index contributed by atoms with van der Waals surface area (Å²) in [6.07, 6.45) is 0. The molecule has 1 aromatic heterocycles. The van der Waals surface area contributed by atoms with Crippen molar-refractivity contribution in [2.45, 2.75) is 0 Å². The molecule has 0 spiro atoms. The first-order chi connectivity index (χ1) is 5.61. The number of carbonyl (C=O) groups is 2. The molecule has 0 saturated heterocycles. The summed E-state index contributed by atoms with van der Waals surface area (Å²) >= 11 is 0. The Hall–Kier alpha value is 1.15. The van der Waals surface area contributed by atoms with Gasteiger partial charge >= 0.3 is 103 Å². The van der Waals surface area contributed by atoms with Gasteiger partial charge in [-0.1, -0.05) is 0 Å². The Labute approximate surface area is 163 Å². The van der Waals surface area contributed by atoms with Crippen molar-refractivity contribution in [3.05, 3.63) is 11.6 Å². The standard InChI is InChI=1S/C4H2N4O4.2K/c9-3(10)1-5-7-2(4(11)12)8-6-1;;/h(H,9,10)(H,11,12);;/q;2*+1/p-2.